The molecule has 0 saturated carbocycles. The molecule has 0 aliphatic heterocycles. The molecule has 0 bridgehead atoms. The largest absolute Gasteiger partial charge is 0.436 e. The van der Waals surface area contributed by atoms with Crippen LogP contribution < -0.4 is 4.74 Å². The summed E-state index contributed by atoms with van der Waals surface area (Å²) >= 11 is 9.47. The van der Waals surface area contributed by atoms with Gasteiger partial charge < -0.3 is 4.74 Å². The molecular formula is C15H10BrClN2O. The molecule has 2 aromatic rings. The Balaban J connectivity index is 2.00. The van der Waals surface area contributed by atoms with Crippen LogP contribution in [0.15, 0.2) is 28.7 Å². The third-order valence-corrected chi connectivity index (χ3v) is 4.03. The zero-order chi connectivity index (χ0) is 14.1. The molecule has 3 nitrogen and oxygen atoms in total. The van der Waals surface area contributed by atoms with Crippen LogP contribution in [-0.2, 0) is 12.8 Å². The topological polar surface area (TPSA) is 45.9 Å². The predicted octanol–water partition coefficient (Wildman–Crippen LogP) is 4.65. The van der Waals surface area contributed by atoms with E-state index in [1.54, 1.807) is 12.1 Å². The van der Waals surface area contributed by atoms with Crippen LogP contribution in [0, 0.1) is 11.3 Å². The maximum atomic E-state index is 9.23. The Bertz CT molecular complexity index is 725. The lowest BCUT2D eigenvalue weighted by atomic mass is 10.1. The van der Waals surface area contributed by atoms with E-state index in [4.69, 9.17) is 16.3 Å². The van der Waals surface area contributed by atoms with Crippen molar-refractivity contribution in [1.29, 1.82) is 5.26 Å². The van der Waals surface area contributed by atoms with Gasteiger partial charge in [-0.05, 0) is 49.1 Å². The standard InChI is InChI=1S/C15H10BrClN2O/c16-11-4-5-14(12(17)7-11)20-15-10(8-18)6-9-2-1-3-13(9)19-15/h4-7H,1-3H2. The van der Waals surface area contributed by atoms with Gasteiger partial charge in [-0.1, -0.05) is 27.5 Å². The van der Waals surface area contributed by atoms with Crippen molar-refractivity contribution in [2.45, 2.75) is 19.3 Å². The van der Waals surface area contributed by atoms with Crippen molar-refractivity contribution in [2.75, 3.05) is 0 Å². The Labute approximate surface area is 130 Å². The van der Waals surface area contributed by atoms with E-state index < -0.39 is 0 Å². The zero-order valence-corrected chi connectivity index (χ0v) is 12.8. The van der Waals surface area contributed by atoms with E-state index in [-0.39, 0.29) is 0 Å². The van der Waals surface area contributed by atoms with Gasteiger partial charge in [-0.2, -0.15) is 5.26 Å². The Morgan fingerprint density at radius 1 is 1.30 bits per heavy atom. The number of benzene rings is 1. The first-order chi connectivity index (χ1) is 9.67. The monoisotopic (exact) mass is 348 g/mol. The van der Waals surface area contributed by atoms with Gasteiger partial charge >= 0.3 is 0 Å². The highest BCUT2D eigenvalue weighted by Gasteiger charge is 2.18. The summed E-state index contributed by atoms with van der Waals surface area (Å²) in [7, 11) is 0. The van der Waals surface area contributed by atoms with Crippen LogP contribution in [0.1, 0.15) is 23.2 Å². The fourth-order valence-electron chi connectivity index (χ4n) is 2.27. The maximum Gasteiger partial charge on any atom is 0.237 e. The van der Waals surface area contributed by atoms with E-state index in [9.17, 15) is 5.26 Å². The third kappa shape index (κ3) is 2.52. The normalized spacial score (nSPS) is 12.8. The highest BCUT2D eigenvalue weighted by atomic mass is 79.9. The Kier molecular flexibility index (Phi) is 3.64. The van der Waals surface area contributed by atoms with Gasteiger partial charge in [0, 0.05) is 10.2 Å². The fourth-order valence-corrected chi connectivity index (χ4v) is 2.99. The molecule has 0 spiro atoms. The van der Waals surface area contributed by atoms with Gasteiger partial charge in [-0.3, -0.25) is 0 Å². The van der Waals surface area contributed by atoms with Crippen LogP contribution >= 0.6 is 27.5 Å². The van der Waals surface area contributed by atoms with Crippen LogP contribution in [0.5, 0.6) is 11.6 Å². The third-order valence-electron chi connectivity index (χ3n) is 3.24. The minimum atomic E-state index is 0.331. The van der Waals surface area contributed by atoms with Crippen LogP contribution in [0.3, 0.4) is 0 Å². The van der Waals surface area contributed by atoms with E-state index in [0.717, 1.165) is 35.0 Å². The Hall–Kier alpha value is -1.57. The Morgan fingerprint density at radius 3 is 2.90 bits per heavy atom. The molecule has 100 valence electrons. The number of hydrogen-bond acceptors (Lipinski definition) is 3. The molecule has 1 aliphatic rings. The molecule has 20 heavy (non-hydrogen) atoms. The number of pyridine rings is 1. The van der Waals surface area contributed by atoms with E-state index in [2.05, 4.69) is 27.0 Å². The summed E-state index contributed by atoms with van der Waals surface area (Å²) in [6, 6.07) is 9.34. The molecule has 0 radical (unpaired) electrons. The molecule has 0 N–H and O–H groups in total. The molecular weight excluding hydrogens is 340 g/mol. The zero-order valence-electron chi connectivity index (χ0n) is 10.5. The molecule has 3 rings (SSSR count). The SMILES string of the molecule is N#Cc1cc2c(nc1Oc1ccc(Br)cc1Cl)CCC2. The van der Waals surface area contributed by atoms with Crippen LogP contribution in [-0.4, -0.2) is 4.98 Å². The fraction of sp³-hybridized carbons (Fsp3) is 0.200. The highest BCUT2D eigenvalue weighted by Crippen LogP contribution is 2.34. The molecule has 0 amide bonds. The van der Waals surface area contributed by atoms with Gasteiger partial charge in [0.1, 0.15) is 17.4 Å². The van der Waals surface area contributed by atoms with Crippen molar-refractivity contribution >= 4 is 27.5 Å². The first-order valence-electron chi connectivity index (χ1n) is 6.23. The second kappa shape index (κ2) is 5.43. The number of fused-ring (bicyclic) bond motifs is 1. The molecule has 1 aromatic carbocycles. The Morgan fingerprint density at radius 2 is 2.15 bits per heavy atom. The van der Waals surface area contributed by atoms with Gasteiger partial charge in [0.25, 0.3) is 0 Å². The number of nitrogens with zero attached hydrogens (tertiary/aromatic N) is 2. The van der Waals surface area contributed by atoms with Crippen molar-refractivity contribution in [2.24, 2.45) is 0 Å². The lowest BCUT2D eigenvalue weighted by Gasteiger charge is -2.10. The number of halogens is 2. The van der Waals surface area contributed by atoms with Crippen molar-refractivity contribution < 1.29 is 4.74 Å². The van der Waals surface area contributed by atoms with E-state index in [0.29, 0.717) is 22.2 Å². The molecule has 1 aromatic heterocycles. The maximum absolute atomic E-state index is 9.23. The molecule has 0 fully saturated rings. The highest BCUT2D eigenvalue weighted by molar-refractivity contribution is 9.10. The molecule has 5 heteroatoms. The second-order valence-electron chi connectivity index (χ2n) is 4.59. The van der Waals surface area contributed by atoms with Gasteiger partial charge in [-0.15, -0.1) is 0 Å². The van der Waals surface area contributed by atoms with Crippen molar-refractivity contribution in [3.05, 3.63) is 50.6 Å². The molecule has 0 saturated heterocycles. The minimum absolute atomic E-state index is 0.331. The van der Waals surface area contributed by atoms with E-state index in [1.807, 2.05) is 12.1 Å². The number of hydrogen-bond donors (Lipinski definition) is 0. The number of nitriles is 1. The van der Waals surface area contributed by atoms with Crippen LogP contribution in [0.4, 0.5) is 0 Å². The van der Waals surface area contributed by atoms with E-state index in [1.165, 1.54) is 0 Å². The quantitative estimate of drug-likeness (QED) is 0.793. The number of aryl methyl sites for hydroxylation is 2. The predicted molar refractivity (Wildman–Crippen MR) is 80.2 cm³/mol. The van der Waals surface area contributed by atoms with Crippen LogP contribution in [0.25, 0.3) is 0 Å². The lowest BCUT2D eigenvalue weighted by molar-refractivity contribution is 0.459. The molecule has 1 aliphatic carbocycles. The van der Waals surface area contributed by atoms with Gasteiger partial charge in [0.15, 0.2) is 0 Å². The average Bonchev–Trinajstić information content (AvgIpc) is 2.88. The summed E-state index contributed by atoms with van der Waals surface area (Å²) in [5.74, 6) is 0.828. The van der Waals surface area contributed by atoms with E-state index >= 15 is 0 Å². The van der Waals surface area contributed by atoms with Crippen molar-refractivity contribution in [1.82, 2.24) is 4.98 Å². The van der Waals surface area contributed by atoms with Crippen molar-refractivity contribution in [3.63, 3.8) is 0 Å². The second-order valence-corrected chi connectivity index (χ2v) is 5.91. The number of aromatic nitrogens is 1. The summed E-state index contributed by atoms with van der Waals surface area (Å²) in [4.78, 5) is 4.47. The summed E-state index contributed by atoms with van der Waals surface area (Å²) in [5.41, 5.74) is 2.62. The van der Waals surface area contributed by atoms with Gasteiger partial charge in [0.2, 0.25) is 5.88 Å². The summed E-state index contributed by atoms with van der Waals surface area (Å²) in [6.45, 7) is 0. The minimum Gasteiger partial charge on any atom is -0.436 e. The molecule has 0 atom stereocenters. The van der Waals surface area contributed by atoms with Gasteiger partial charge in [0.05, 0.1) is 5.02 Å². The number of ether oxygens (including phenoxy) is 1. The van der Waals surface area contributed by atoms with Crippen molar-refractivity contribution in [3.8, 4) is 17.7 Å². The molecule has 1 heterocycles. The lowest BCUT2D eigenvalue weighted by Crippen LogP contribution is -1.97. The summed E-state index contributed by atoms with van der Waals surface area (Å²) in [6.07, 6.45) is 3.00. The summed E-state index contributed by atoms with van der Waals surface area (Å²) in [5, 5.41) is 9.71. The average molecular weight is 350 g/mol. The summed E-state index contributed by atoms with van der Waals surface area (Å²) < 4.78 is 6.60. The van der Waals surface area contributed by atoms with Crippen LogP contribution in [0.2, 0.25) is 5.02 Å². The number of rotatable bonds is 2. The molecule has 0 unspecified atom stereocenters. The first-order valence-corrected chi connectivity index (χ1v) is 7.40. The van der Waals surface area contributed by atoms with Gasteiger partial charge in [-0.25, -0.2) is 4.98 Å². The first kappa shape index (κ1) is 13.4. The smallest absolute Gasteiger partial charge is 0.237 e.